The molecule has 0 unspecified atom stereocenters. The average Bonchev–Trinajstić information content (AvgIpc) is 2.41. The molecule has 1 amide bonds. The van der Waals surface area contributed by atoms with Gasteiger partial charge < -0.3 is 10.4 Å². The number of carboxylic acids is 1. The number of aromatic carboxylic acids is 1. The zero-order chi connectivity index (χ0) is 14.7. The zero-order valence-electron chi connectivity index (χ0n) is 10.1. The van der Waals surface area contributed by atoms with Crippen LogP contribution in [0.15, 0.2) is 51.4 Å². The Hall–Kier alpha value is -1.66. The van der Waals surface area contributed by atoms with E-state index in [9.17, 15) is 9.59 Å². The van der Waals surface area contributed by atoms with Gasteiger partial charge in [0, 0.05) is 14.5 Å². The van der Waals surface area contributed by atoms with E-state index in [2.05, 4.69) is 37.2 Å². The summed E-state index contributed by atoms with van der Waals surface area (Å²) < 4.78 is 1.50. The predicted molar refractivity (Wildman–Crippen MR) is 83.2 cm³/mol. The Morgan fingerprint density at radius 3 is 2.15 bits per heavy atom. The van der Waals surface area contributed by atoms with Crippen LogP contribution in [0.2, 0.25) is 0 Å². The van der Waals surface area contributed by atoms with Crippen molar-refractivity contribution in [3.8, 4) is 0 Å². The first-order valence-electron chi connectivity index (χ1n) is 5.57. The van der Waals surface area contributed by atoms with Crippen LogP contribution in [0.5, 0.6) is 0 Å². The van der Waals surface area contributed by atoms with Gasteiger partial charge in [-0.25, -0.2) is 4.79 Å². The fourth-order valence-electron chi connectivity index (χ4n) is 1.60. The average molecular weight is 399 g/mol. The number of halogens is 2. The van der Waals surface area contributed by atoms with Crippen LogP contribution in [-0.4, -0.2) is 17.0 Å². The smallest absolute Gasteiger partial charge is 0.337 e. The largest absolute Gasteiger partial charge is 0.478 e. The number of hydrogen-bond acceptors (Lipinski definition) is 2. The third-order valence-corrected chi connectivity index (χ3v) is 3.59. The monoisotopic (exact) mass is 397 g/mol. The molecule has 0 aliphatic carbocycles. The summed E-state index contributed by atoms with van der Waals surface area (Å²) in [6.45, 7) is 0. The van der Waals surface area contributed by atoms with Gasteiger partial charge in [-0.3, -0.25) is 4.79 Å². The van der Waals surface area contributed by atoms with E-state index < -0.39 is 5.97 Å². The molecule has 20 heavy (non-hydrogen) atoms. The van der Waals surface area contributed by atoms with Crippen LogP contribution in [0.4, 0.5) is 5.69 Å². The minimum Gasteiger partial charge on any atom is -0.478 e. The van der Waals surface area contributed by atoms with E-state index in [1.165, 1.54) is 6.07 Å². The van der Waals surface area contributed by atoms with Crippen LogP contribution >= 0.6 is 31.9 Å². The number of anilines is 1. The summed E-state index contributed by atoms with van der Waals surface area (Å²) in [6, 6.07) is 11.5. The van der Waals surface area contributed by atoms with E-state index in [1.54, 1.807) is 36.4 Å². The van der Waals surface area contributed by atoms with Crippen LogP contribution in [0, 0.1) is 0 Å². The molecule has 102 valence electrons. The van der Waals surface area contributed by atoms with Crippen molar-refractivity contribution in [2.24, 2.45) is 0 Å². The molecule has 2 aromatic rings. The van der Waals surface area contributed by atoms with Gasteiger partial charge in [0.15, 0.2) is 0 Å². The van der Waals surface area contributed by atoms with Gasteiger partial charge in [-0.2, -0.15) is 0 Å². The third-order valence-electron chi connectivity index (χ3n) is 2.57. The Morgan fingerprint density at radius 2 is 1.55 bits per heavy atom. The Morgan fingerprint density at radius 1 is 0.950 bits per heavy atom. The van der Waals surface area contributed by atoms with Gasteiger partial charge in [0.05, 0.1) is 11.3 Å². The number of hydrogen-bond donors (Lipinski definition) is 2. The minimum atomic E-state index is -1.10. The van der Waals surface area contributed by atoms with Gasteiger partial charge in [0.2, 0.25) is 0 Å². The molecule has 0 fully saturated rings. The molecule has 0 spiro atoms. The summed E-state index contributed by atoms with van der Waals surface area (Å²) in [5, 5.41) is 11.7. The van der Waals surface area contributed by atoms with Crippen LogP contribution in [0.25, 0.3) is 0 Å². The molecule has 0 aromatic heterocycles. The molecule has 0 saturated carbocycles. The number of nitrogens with one attached hydrogen (secondary N) is 1. The number of carboxylic acid groups (broad SMARTS) is 1. The van der Waals surface area contributed by atoms with E-state index in [0.717, 1.165) is 4.47 Å². The third kappa shape index (κ3) is 3.46. The minimum absolute atomic E-state index is 0.0323. The summed E-state index contributed by atoms with van der Waals surface area (Å²) in [4.78, 5) is 23.2. The second kappa shape index (κ2) is 6.19. The zero-order valence-corrected chi connectivity index (χ0v) is 13.2. The van der Waals surface area contributed by atoms with E-state index in [0.29, 0.717) is 10.0 Å². The SMILES string of the molecule is O=C(Nc1ccc(Br)cc1C(=O)O)c1ccc(Br)cc1. The molecule has 0 saturated heterocycles. The Bertz CT molecular complexity index is 669. The van der Waals surface area contributed by atoms with Crippen LogP contribution in [-0.2, 0) is 0 Å². The Balaban J connectivity index is 2.28. The van der Waals surface area contributed by atoms with E-state index in [1.807, 2.05) is 0 Å². The highest BCUT2D eigenvalue weighted by Gasteiger charge is 2.14. The molecule has 0 bridgehead atoms. The highest BCUT2D eigenvalue weighted by atomic mass is 79.9. The maximum atomic E-state index is 12.1. The Labute approximate surface area is 132 Å². The van der Waals surface area contributed by atoms with Crippen LogP contribution in [0.3, 0.4) is 0 Å². The lowest BCUT2D eigenvalue weighted by molar-refractivity contribution is 0.0698. The second-order valence-corrected chi connectivity index (χ2v) is 5.79. The topological polar surface area (TPSA) is 66.4 Å². The summed E-state index contributed by atoms with van der Waals surface area (Å²) in [7, 11) is 0. The number of carbonyl (C=O) groups excluding carboxylic acids is 1. The summed E-state index contributed by atoms with van der Waals surface area (Å²) >= 11 is 6.49. The van der Waals surface area contributed by atoms with Gasteiger partial charge in [-0.05, 0) is 42.5 Å². The molecule has 2 N–H and O–H groups in total. The lowest BCUT2D eigenvalue weighted by Gasteiger charge is -2.09. The lowest BCUT2D eigenvalue weighted by Crippen LogP contribution is -2.14. The number of carbonyl (C=O) groups is 2. The van der Waals surface area contributed by atoms with Crippen molar-refractivity contribution in [1.29, 1.82) is 0 Å². The Kier molecular flexibility index (Phi) is 4.57. The van der Waals surface area contributed by atoms with E-state index in [4.69, 9.17) is 5.11 Å². The predicted octanol–water partition coefficient (Wildman–Crippen LogP) is 4.16. The summed E-state index contributed by atoms with van der Waals surface area (Å²) in [5.74, 6) is -1.46. The van der Waals surface area contributed by atoms with Gasteiger partial charge >= 0.3 is 5.97 Å². The first kappa shape index (κ1) is 14.7. The van der Waals surface area contributed by atoms with E-state index >= 15 is 0 Å². The molecule has 0 heterocycles. The molecule has 0 atom stereocenters. The molecule has 2 aromatic carbocycles. The summed E-state index contributed by atoms with van der Waals surface area (Å²) in [6.07, 6.45) is 0. The molecule has 0 aliphatic rings. The molecule has 0 aliphatic heterocycles. The standard InChI is InChI=1S/C14H9Br2NO3/c15-9-3-1-8(2-4-9)13(18)17-12-6-5-10(16)7-11(12)14(19)20/h1-7H,(H,17,18)(H,19,20). The lowest BCUT2D eigenvalue weighted by atomic mass is 10.1. The molecular weight excluding hydrogens is 390 g/mol. The van der Waals surface area contributed by atoms with Crippen molar-refractivity contribution in [1.82, 2.24) is 0 Å². The first-order valence-corrected chi connectivity index (χ1v) is 7.16. The molecule has 4 nitrogen and oxygen atoms in total. The van der Waals surface area contributed by atoms with E-state index in [-0.39, 0.29) is 17.2 Å². The van der Waals surface area contributed by atoms with Gasteiger partial charge in [-0.15, -0.1) is 0 Å². The van der Waals surface area contributed by atoms with Crippen molar-refractivity contribution < 1.29 is 14.7 Å². The second-order valence-electron chi connectivity index (χ2n) is 3.96. The van der Waals surface area contributed by atoms with Gasteiger partial charge in [0.25, 0.3) is 5.91 Å². The molecule has 0 radical (unpaired) electrons. The molecular formula is C14H9Br2NO3. The maximum absolute atomic E-state index is 12.1. The maximum Gasteiger partial charge on any atom is 0.337 e. The quantitative estimate of drug-likeness (QED) is 0.815. The van der Waals surface area contributed by atoms with Crippen LogP contribution in [0.1, 0.15) is 20.7 Å². The van der Waals surface area contributed by atoms with Gasteiger partial charge in [-0.1, -0.05) is 31.9 Å². The fraction of sp³-hybridized carbons (Fsp3) is 0. The van der Waals surface area contributed by atoms with Crippen LogP contribution < -0.4 is 5.32 Å². The number of amides is 1. The molecule has 2 rings (SSSR count). The van der Waals surface area contributed by atoms with Gasteiger partial charge in [0.1, 0.15) is 0 Å². The fourth-order valence-corrected chi connectivity index (χ4v) is 2.22. The highest BCUT2D eigenvalue weighted by molar-refractivity contribution is 9.10. The molecule has 6 heteroatoms. The first-order chi connectivity index (χ1) is 9.47. The van der Waals surface area contributed by atoms with Crippen molar-refractivity contribution >= 4 is 49.4 Å². The van der Waals surface area contributed by atoms with Crippen molar-refractivity contribution in [2.75, 3.05) is 5.32 Å². The number of rotatable bonds is 3. The van der Waals surface area contributed by atoms with Crippen molar-refractivity contribution in [3.63, 3.8) is 0 Å². The van der Waals surface area contributed by atoms with Crippen molar-refractivity contribution in [3.05, 3.63) is 62.5 Å². The number of benzene rings is 2. The highest BCUT2D eigenvalue weighted by Crippen LogP contribution is 2.22. The normalized spacial score (nSPS) is 10.1. The van der Waals surface area contributed by atoms with Crippen molar-refractivity contribution in [2.45, 2.75) is 0 Å². The summed E-state index contributed by atoms with van der Waals surface area (Å²) in [5.41, 5.74) is 0.742.